The number of hydrogen-bond acceptors (Lipinski definition) is 3. The summed E-state index contributed by atoms with van der Waals surface area (Å²) in [6.07, 6.45) is 1.46. The highest BCUT2D eigenvalue weighted by Crippen LogP contribution is 2.17. The van der Waals surface area contributed by atoms with Gasteiger partial charge in [-0.3, -0.25) is 4.79 Å². The summed E-state index contributed by atoms with van der Waals surface area (Å²) in [5.41, 5.74) is 0. The van der Waals surface area contributed by atoms with Crippen LogP contribution in [0.5, 0.6) is 0 Å². The van der Waals surface area contributed by atoms with Gasteiger partial charge in [0.15, 0.2) is 5.81 Å². The molecule has 1 aliphatic heterocycles. The number of methoxy groups -OCH3 is 1. The van der Waals surface area contributed by atoms with E-state index in [1.807, 2.05) is 0 Å². The molecule has 0 saturated carbocycles. The van der Waals surface area contributed by atoms with Crippen molar-refractivity contribution in [1.29, 1.82) is 0 Å². The third-order valence-electron chi connectivity index (χ3n) is 2.01. The normalized spacial score (nSPS) is 22.4. The number of carbonyl (C=O) groups excluding carboxylic acids is 2. The SMILES string of the molecule is [B]C(=O)N1CCCC1C(=O)OC. The van der Waals surface area contributed by atoms with Gasteiger partial charge in [-0.15, -0.1) is 0 Å². The second kappa shape index (κ2) is 3.60. The van der Waals surface area contributed by atoms with E-state index in [4.69, 9.17) is 7.85 Å². The molecule has 1 rings (SSSR count). The van der Waals surface area contributed by atoms with Crippen molar-refractivity contribution in [2.24, 2.45) is 0 Å². The lowest BCUT2D eigenvalue weighted by molar-refractivity contribution is -0.144. The second-order valence-corrected chi connectivity index (χ2v) is 2.71. The molecular formula is C7H10BNO3. The number of carbonyl (C=O) groups is 2. The van der Waals surface area contributed by atoms with Crippen LogP contribution in [-0.2, 0) is 9.53 Å². The molecule has 0 aromatic rings. The van der Waals surface area contributed by atoms with Crippen LogP contribution in [0.3, 0.4) is 0 Å². The first-order valence-electron chi connectivity index (χ1n) is 3.80. The van der Waals surface area contributed by atoms with Gasteiger partial charge in [0.05, 0.1) is 7.11 Å². The van der Waals surface area contributed by atoms with Crippen LogP contribution in [0.25, 0.3) is 0 Å². The van der Waals surface area contributed by atoms with E-state index in [0.29, 0.717) is 13.0 Å². The van der Waals surface area contributed by atoms with Crippen LogP contribution < -0.4 is 0 Å². The Hall–Kier alpha value is -0.995. The zero-order valence-corrected chi connectivity index (χ0v) is 6.95. The van der Waals surface area contributed by atoms with Crippen molar-refractivity contribution < 1.29 is 14.3 Å². The van der Waals surface area contributed by atoms with Crippen molar-refractivity contribution in [3.8, 4) is 0 Å². The minimum absolute atomic E-state index is 0.383. The number of ether oxygens (including phenoxy) is 1. The number of rotatable bonds is 1. The van der Waals surface area contributed by atoms with Crippen LogP contribution in [0.15, 0.2) is 0 Å². The van der Waals surface area contributed by atoms with E-state index in [0.717, 1.165) is 6.42 Å². The molecule has 1 fully saturated rings. The molecule has 1 atom stereocenters. The summed E-state index contributed by atoms with van der Waals surface area (Å²) < 4.78 is 4.53. The van der Waals surface area contributed by atoms with Crippen molar-refractivity contribution in [2.45, 2.75) is 18.9 Å². The van der Waals surface area contributed by atoms with Gasteiger partial charge in [-0.2, -0.15) is 0 Å². The maximum absolute atomic E-state index is 11.1. The van der Waals surface area contributed by atoms with Crippen LogP contribution in [0, 0.1) is 0 Å². The third-order valence-corrected chi connectivity index (χ3v) is 2.01. The molecule has 0 aromatic carbocycles. The standard InChI is InChI=1S/C7H10BNO3/c1-12-6(10)5-3-2-4-9(5)7(8)11/h5H,2-4H2,1H3. The second-order valence-electron chi connectivity index (χ2n) is 2.71. The lowest BCUT2D eigenvalue weighted by Gasteiger charge is -2.21. The van der Waals surface area contributed by atoms with Gasteiger partial charge in [0.2, 0.25) is 7.85 Å². The first kappa shape index (κ1) is 9.10. The topological polar surface area (TPSA) is 46.6 Å². The molecule has 64 valence electrons. The lowest BCUT2D eigenvalue weighted by atomic mass is 10.1. The molecule has 4 nitrogen and oxygen atoms in total. The van der Waals surface area contributed by atoms with Crippen LogP contribution in [0.2, 0.25) is 0 Å². The number of amides is 1. The molecule has 0 N–H and O–H groups in total. The smallest absolute Gasteiger partial charge is 0.328 e. The molecule has 5 heteroatoms. The average molecular weight is 167 g/mol. The Balaban J connectivity index is 2.63. The average Bonchev–Trinajstić information content (AvgIpc) is 2.50. The molecule has 0 aromatic heterocycles. The van der Waals surface area contributed by atoms with Crippen molar-refractivity contribution in [2.75, 3.05) is 13.7 Å². The van der Waals surface area contributed by atoms with E-state index >= 15 is 0 Å². The molecule has 0 bridgehead atoms. The van der Waals surface area contributed by atoms with Crippen LogP contribution in [0.1, 0.15) is 12.8 Å². The summed E-state index contributed by atoms with van der Waals surface area (Å²) >= 11 is 0. The molecule has 1 aliphatic rings. The molecule has 1 amide bonds. The molecule has 0 spiro atoms. The molecule has 1 heterocycles. The highest BCUT2D eigenvalue weighted by atomic mass is 16.5. The van der Waals surface area contributed by atoms with E-state index in [9.17, 15) is 9.59 Å². The zero-order valence-electron chi connectivity index (χ0n) is 6.95. The lowest BCUT2D eigenvalue weighted by Crippen LogP contribution is -2.40. The maximum atomic E-state index is 11.1. The van der Waals surface area contributed by atoms with Crippen molar-refractivity contribution in [1.82, 2.24) is 4.90 Å². The van der Waals surface area contributed by atoms with Crippen molar-refractivity contribution in [3.63, 3.8) is 0 Å². The van der Waals surface area contributed by atoms with Crippen LogP contribution in [0.4, 0.5) is 4.79 Å². The minimum atomic E-state index is -0.553. The quantitative estimate of drug-likeness (QED) is 0.405. The minimum Gasteiger partial charge on any atom is -0.467 e. The molecule has 12 heavy (non-hydrogen) atoms. The fraction of sp³-hybridized carbons (Fsp3) is 0.714. The first-order chi connectivity index (χ1) is 5.66. The molecule has 0 aliphatic carbocycles. The van der Waals surface area contributed by atoms with Gasteiger partial charge < -0.3 is 9.64 Å². The summed E-state index contributed by atoms with van der Waals surface area (Å²) in [4.78, 5) is 23.2. The molecular weight excluding hydrogens is 157 g/mol. The highest BCUT2D eigenvalue weighted by Gasteiger charge is 2.32. The number of esters is 1. The maximum Gasteiger partial charge on any atom is 0.328 e. The fourth-order valence-corrected chi connectivity index (χ4v) is 1.41. The van der Waals surface area contributed by atoms with Gasteiger partial charge in [-0.1, -0.05) is 0 Å². The van der Waals surface area contributed by atoms with Gasteiger partial charge in [0, 0.05) is 6.54 Å². The van der Waals surface area contributed by atoms with Crippen molar-refractivity contribution >= 4 is 19.6 Å². The largest absolute Gasteiger partial charge is 0.467 e. The van der Waals surface area contributed by atoms with Crippen LogP contribution in [-0.4, -0.2) is 44.2 Å². The van der Waals surface area contributed by atoms with Gasteiger partial charge in [0.25, 0.3) is 0 Å². The van der Waals surface area contributed by atoms with E-state index in [-0.39, 0.29) is 5.97 Å². The Labute approximate surface area is 72.3 Å². The van der Waals surface area contributed by atoms with E-state index in [1.165, 1.54) is 12.0 Å². The Kier molecular flexibility index (Phi) is 2.73. The first-order valence-corrected chi connectivity index (χ1v) is 3.80. The summed E-state index contributed by atoms with van der Waals surface area (Å²) in [6.45, 7) is 0.551. The predicted octanol–water partition coefficient (Wildman–Crippen LogP) is -0.0877. The number of hydrogen-bond donors (Lipinski definition) is 0. The van der Waals surface area contributed by atoms with Gasteiger partial charge in [-0.25, -0.2) is 4.79 Å². The summed E-state index contributed by atoms with van der Waals surface area (Å²) in [7, 11) is 6.37. The molecule has 1 unspecified atom stereocenters. The molecule has 1 saturated heterocycles. The zero-order chi connectivity index (χ0) is 9.14. The summed E-state index contributed by atoms with van der Waals surface area (Å²) in [5.74, 6) is -0.936. The summed E-state index contributed by atoms with van der Waals surface area (Å²) in [6, 6.07) is -0.465. The van der Waals surface area contributed by atoms with Crippen molar-refractivity contribution in [3.05, 3.63) is 0 Å². The monoisotopic (exact) mass is 167 g/mol. The Morgan fingerprint density at radius 1 is 1.58 bits per heavy atom. The predicted molar refractivity (Wildman–Crippen MR) is 42.9 cm³/mol. The van der Waals surface area contributed by atoms with Gasteiger partial charge in [-0.05, 0) is 12.8 Å². The fourth-order valence-electron chi connectivity index (χ4n) is 1.41. The van der Waals surface area contributed by atoms with Crippen LogP contribution >= 0.6 is 0 Å². The Bertz CT molecular complexity index is 207. The van der Waals surface area contributed by atoms with E-state index in [2.05, 4.69) is 4.74 Å². The molecule has 2 radical (unpaired) electrons. The van der Waals surface area contributed by atoms with E-state index in [1.54, 1.807) is 0 Å². The number of likely N-dealkylation sites (tertiary alicyclic amines) is 1. The Morgan fingerprint density at radius 3 is 2.75 bits per heavy atom. The Morgan fingerprint density at radius 2 is 2.25 bits per heavy atom. The van der Waals surface area contributed by atoms with E-state index < -0.39 is 11.8 Å². The number of nitrogens with zero attached hydrogens (tertiary/aromatic N) is 1. The third kappa shape index (κ3) is 1.60. The highest BCUT2D eigenvalue weighted by molar-refractivity contribution is 6.57. The van der Waals surface area contributed by atoms with Gasteiger partial charge in [0.1, 0.15) is 6.04 Å². The van der Waals surface area contributed by atoms with Gasteiger partial charge >= 0.3 is 5.97 Å². The summed E-state index contributed by atoms with van der Waals surface area (Å²) in [5, 5.41) is 0.